The van der Waals surface area contributed by atoms with E-state index >= 15 is 0 Å². The van der Waals surface area contributed by atoms with E-state index in [1.165, 1.54) is 11.8 Å². The first-order valence-electron chi connectivity index (χ1n) is 2.88. The Morgan fingerprint density at radius 3 is 3.40 bits per heavy atom. The lowest BCUT2D eigenvalue weighted by atomic mass is 10.3. The summed E-state index contributed by atoms with van der Waals surface area (Å²) in [5.41, 5.74) is 7.48. The number of nitrogens with two attached hydrogens (primary N) is 1. The molecule has 1 aliphatic heterocycles. The van der Waals surface area contributed by atoms with Crippen LogP contribution >= 0.6 is 11.8 Å². The number of rotatable bonds is 0. The predicted octanol–water partition coefficient (Wildman–Crippen LogP) is 1.47. The zero-order chi connectivity index (χ0) is 6.97. The summed E-state index contributed by atoms with van der Waals surface area (Å²) in [6.07, 6.45) is 3.32. The summed E-state index contributed by atoms with van der Waals surface area (Å²) in [5, 5.41) is 0.619. The molecule has 0 aromatic carbocycles. The van der Waals surface area contributed by atoms with Crippen molar-refractivity contribution in [3.05, 3.63) is 18.1 Å². The van der Waals surface area contributed by atoms with Crippen molar-refractivity contribution in [1.82, 2.24) is 0 Å². The highest BCUT2D eigenvalue weighted by Crippen LogP contribution is 2.29. The van der Waals surface area contributed by atoms with Crippen molar-refractivity contribution in [2.24, 2.45) is 10.7 Å². The molecule has 0 unspecified atom stereocenters. The molecule has 0 bridgehead atoms. The predicted molar refractivity (Wildman–Crippen MR) is 41.3 cm³/mol. The van der Waals surface area contributed by atoms with Gasteiger partial charge in [0.25, 0.3) is 0 Å². The van der Waals surface area contributed by atoms with Gasteiger partial charge >= 0.3 is 0 Å². The molecule has 1 aromatic heterocycles. The molecule has 2 heterocycles. The zero-order valence-electron chi connectivity index (χ0n) is 5.20. The van der Waals surface area contributed by atoms with Crippen molar-refractivity contribution < 1.29 is 4.42 Å². The van der Waals surface area contributed by atoms with Crippen LogP contribution in [-0.2, 0) is 5.75 Å². The maximum atomic E-state index is 5.48. The number of nitrogens with zero attached hydrogens (tertiary/aromatic N) is 1. The van der Waals surface area contributed by atoms with Crippen LogP contribution in [0.1, 0.15) is 5.56 Å². The maximum Gasteiger partial charge on any atom is 0.159 e. The minimum absolute atomic E-state index is 0.619. The monoisotopic (exact) mass is 154 g/mol. The third-order valence-electron chi connectivity index (χ3n) is 1.33. The molecule has 0 spiro atoms. The van der Waals surface area contributed by atoms with Crippen LogP contribution in [0.5, 0.6) is 0 Å². The maximum absolute atomic E-state index is 5.48. The summed E-state index contributed by atoms with van der Waals surface area (Å²) in [6, 6.07) is 0. The Balaban J connectivity index is 2.50. The summed E-state index contributed by atoms with van der Waals surface area (Å²) in [7, 11) is 0. The molecule has 1 aliphatic rings. The van der Waals surface area contributed by atoms with Crippen molar-refractivity contribution in [1.29, 1.82) is 0 Å². The Morgan fingerprint density at radius 1 is 1.60 bits per heavy atom. The second-order valence-corrected chi connectivity index (χ2v) is 3.02. The van der Waals surface area contributed by atoms with Gasteiger partial charge in [-0.25, -0.2) is 4.99 Å². The second kappa shape index (κ2) is 2.05. The first kappa shape index (κ1) is 5.85. The van der Waals surface area contributed by atoms with Crippen LogP contribution in [-0.4, -0.2) is 5.17 Å². The van der Waals surface area contributed by atoms with Crippen molar-refractivity contribution >= 4 is 22.6 Å². The van der Waals surface area contributed by atoms with E-state index in [1.54, 1.807) is 12.5 Å². The molecule has 0 radical (unpaired) electrons. The Kier molecular flexibility index (Phi) is 1.20. The summed E-state index contributed by atoms with van der Waals surface area (Å²) < 4.78 is 4.94. The van der Waals surface area contributed by atoms with Gasteiger partial charge in [-0.05, 0) is 0 Å². The van der Waals surface area contributed by atoms with Crippen molar-refractivity contribution in [2.75, 3.05) is 0 Å². The average Bonchev–Trinajstić information content (AvgIpc) is 2.33. The normalized spacial score (nSPS) is 16.2. The Labute approximate surface area is 62.3 Å². The molecule has 3 nitrogen and oxygen atoms in total. The number of fused-ring (bicyclic) bond motifs is 1. The van der Waals surface area contributed by atoms with Gasteiger partial charge in [0.2, 0.25) is 0 Å². The summed E-state index contributed by atoms with van der Waals surface area (Å²) in [4.78, 5) is 4.07. The van der Waals surface area contributed by atoms with Crippen LogP contribution in [0.2, 0.25) is 0 Å². The molecule has 2 N–H and O–H groups in total. The second-order valence-electron chi connectivity index (χ2n) is 2.02. The van der Waals surface area contributed by atoms with Crippen LogP contribution in [0.15, 0.2) is 21.9 Å². The molecular weight excluding hydrogens is 148 g/mol. The largest absolute Gasteiger partial charge is 0.470 e. The molecule has 0 atom stereocenters. The fourth-order valence-electron chi connectivity index (χ4n) is 0.825. The lowest BCUT2D eigenvalue weighted by Crippen LogP contribution is -2.08. The van der Waals surface area contributed by atoms with E-state index in [0.717, 1.165) is 17.0 Å². The molecular formula is C6H6N2OS. The molecule has 0 saturated heterocycles. The highest BCUT2D eigenvalue weighted by atomic mass is 32.2. The molecule has 0 aliphatic carbocycles. The fourth-order valence-corrected chi connectivity index (χ4v) is 1.51. The lowest BCUT2D eigenvalue weighted by molar-refractivity contribution is 0.566. The molecule has 4 heteroatoms. The van der Waals surface area contributed by atoms with Crippen LogP contribution in [0.3, 0.4) is 0 Å². The number of amidine groups is 1. The quantitative estimate of drug-likeness (QED) is 0.615. The molecule has 1 aromatic rings. The summed E-state index contributed by atoms with van der Waals surface area (Å²) in [6.45, 7) is 0. The third-order valence-corrected chi connectivity index (χ3v) is 2.17. The Morgan fingerprint density at radius 2 is 2.50 bits per heavy atom. The van der Waals surface area contributed by atoms with Gasteiger partial charge in [-0.1, -0.05) is 11.8 Å². The topological polar surface area (TPSA) is 51.5 Å². The van der Waals surface area contributed by atoms with Crippen molar-refractivity contribution in [2.45, 2.75) is 5.75 Å². The smallest absolute Gasteiger partial charge is 0.159 e. The number of thioether (sulfide) groups is 1. The minimum atomic E-state index is 0.619. The van der Waals surface area contributed by atoms with E-state index in [-0.39, 0.29) is 0 Å². The lowest BCUT2D eigenvalue weighted by Gasteiger charge is -2.04. The molecule has 0 amide bonds. The fraction of sp³-hybridized carbons (Fsp3) is 0.167. The van der Waals surface area contributed by atoms with Gasteiger partial charge in [-0.3, -0.25) is 0 Å². The zero-order valence-corrected chi connectivity index (χ0v) is 6.02. The average molecular weight is 154 g/mol. The first-order chi connectivity index (χ1) is 4.86. The van der Waals surface area contributed by atoms with E-state index in [4.69, 9.17) is 10.2 Å². The van der Waals surface area contributed by atoms with Gasteiger partial charge in [0, 0.05) is 11.3 Å². The van der Waals surface area contributed by atoms with Gasteiger partial charge < -0.3 is 10.2 Å². The van der Waals surface area contributed by atoms with Gasteiger partial charge in [0.1, 0.15) is 12.0 Å². The number of hydrogen-bond acceptors (Lipinski definition) is 4. The van der Waals surface area contributed by atoms with Crippen LogP contribution in [0, 0.1) is 0 Å². The molecule has 0 saturated carbocycles. The van der Waals surface area contributed by atoms with E-state index < -0.39 is 0 Å². The number of hydrogen-bond donors (Lipinski definition) is 1. The number of furan rings is 1. The van der Waals surface area contributed by atoms with E-state index in [9.17, 15) is 0 Å². The Bertz CT molecular complexity index is 279. The standard InChI is InChI=1S/C6H6N2OS/c7-6-8-5-2-9-1-4(5)3-10-6/h1-2H,3H2,(H2,7,8). The van der Waals surface area contributed by atoms with Crippen LogP contribution in [0.25, 0.3) is 0 Å². The molecule has 2 rings (SSSR count). The molecule has 0 fully saturated rings. The highest BCUT2D eigenvalue weighted by Gasteiger charge is 2.11. The van der Waals surface area contributed by atoms with Crippen LogP contribution < -0.4 is 5.73 Å². The van der Waals surface area contributed by atoms with E-state index in [2.05, 4.69) is 4.99 Å². The summed E-state index contributed by atoms with van der Waals surface area (Å²) >= 11 is 1.53. The van der Waals surface area contributed by atoms with Crippen LogP contribution in [0.4, 0.5) is 5.69 Å². The molecule has 10 heavy (non-hydrogen) atoms. The third kappa shape index (κ3) is 0.806. The highest BCUT2D eigenvalue weighted by molar-refractivity contribution is 8.13. The van der Waals surface area contributed by atoms with Crippen molar-refractivity contribution in [3.63, 3.8) is 0 Å². The van der Waals surface area contributed by atoms with E-state index in [1.807, 2.05) is 0 Å². The Hall–Kier alpha value is -0.900. The van der Waals surface area contributed by atoms with Gasteiger partial charge in [-0.2, -0.15) is 0 Å². The van der Waals surface area contributed by atoms with E-state index in [0.29, 0.717) is 5.17 Å². The van der Waals surface area contributed by atoms with Gasteiger partial charge in [-0.15, -0.1) is 0 Å². The molecule has 52 valence electrons. The summed E-state index contributed by atoms with van der Waals surface area (Å²) in [5.74, 6) is 0.876. The first-order valence-corrected chi connectivity index (χ1v) is 3.87. The minimum Gasteiger partial charge on any atom is -0.470 e. The van der Waals surface area contributed by atoms with Gasteiger partial charge in [0.15, 0.2) is 5.17 Å². The number of aliphatic imine (C=N–C) groups is 1. The SMILES string of the molecule is NC1=Nc2cocc2CS1. The van der Waals surface area contributed by atoms with Crippen molar-refractivity contribution in [3.8, 4) is 0 Å². The van der Waals surface area contributed by atoms with Gasteiger partial charge in [0.05, 0.1) is 6.26 Å².